The number of rotatable bonds is 6. The van der Waals surface area contributed by atoms with E-state index in [-0.39, 0.29) is 0 Å². The molecule has 0 aromatic carbocycles. The van der Waals surface area contributed by atoms with Gasteiger partial charge in [-0.1, -0.05) is 5.16 Å². The van der Waals surface area contributed by atoms with Crippen LogP contribution in [0.2, 0.25) is 0 Å². The van der Waals surface area contributed by atoms with Crippen molar-refractivity contribution in [2.75, 3.05) is 13.1 Å². The summed E-state index contributed by atoms with van der Waals surface area (Å²) in [6, 6.07) is 1.42. The number of nitrogens with one attached hydrogen (secondary N) is 1. The molecule has 0 bridgehead atoms. The van der Waals surface area contributed by atoms with Gasteiger partial charge in [0.1, 0.15) is 0 Å². The van der Waals surface area contributed by atoms with Crippen LogP contribution >= 0.6 is 0 Å². The molecule has 2 aliphatic carbocycles. The third kappa shape index (κ3) is 2.82. The van der Waals surface area contributed by atoms with Crippen LogP contribution in [0.15, 0.2) is 4.52 Å². The number of hydrogen-bond donors (Lipinski definition) is 1. The van der Waals surface area contributed by atoms with E-state index in [1.165, 1.54) is 45.1 Å². The van der Waals surface area contributed by atoms with E-state index in [4.69, 9.17) is 4.52 Å². The summed E-state index contributed by atoms with van der Waals surface area (Å²) >= 11 is 0. The van der Waals surface area contributed by atoms with Crippen molar-refractivity contribution in [3.05, 3.63) is 11.7 Å². The molecule has 1 aromatic heterocycles. The molecule has 2 heterocycles. The lowest BCUT2D eigenvalue weighted by Crippen LogP contribution is -2.38. The Bertz CT molecular complexity index is 432. The van der Waals surface area contributed by atoms with Gasteiger partial charge in [-0.25, -0.2) is 0 Å². The summed E-state index contributed by atoms with van der Waals surface area (Å²) in [4.78, 5) is 7.10. The monoisotopic (exact) mass is 262 g/mol. The van der Waals surface area contributed by atoms with Crippen molar-refractivity contribution in [3.8, 4) is 0 Å². The van der Waals surface area contributed by atoms with Crippen LogP contribution in [-0.2, 0) is 6.54 Å². The first-order chi connectivity index (χ1) is 9.38. The Morgan fingerprint density at radius 1 is 1.21 bits per heavy atom. The lowest BCUT2D eigenvalue weighted by molar-refractivity contribution is 0.222. The van der Waals surface area contributed by atoms with Gasteiger partial charge in [0.25, 0.3) is 0 Å². The van der Waals surface area contributed by atoms with Crippen LogP contribution in [0.3, 0.4) is 0 Å². The minimum Gasteiger partial charge on any atom is -0.339 e. The van der Waals surface area contributed by atoms with Gasteiger partial charge in [0.05, 0.1) is 6.54 Å². The number of aromatic nitrogens is 2. The van der Waals surface area contributed by atoms with E-state index in [1.807, 2.05) is 0 Å². The molecule has 5 heteroatoms. The summed E-state index contributed by atoms with van der Waals surface area (Å²) in [5.74, 6) is 2.31. The first-order valence-electron chi connectivity index (χ1n) is 7.68. The molecule has 3 aliphatic rings. The molecule has 4 rings (SSSR count). The zero-order valence-electron chi connectivity index (χ0n) is 11.3. The summed E-state index contributed by atoms with van der Waals surface area (Å²) in [5.41, 5.74) is 0. The largest absolute Gasteiger partial charge is 0.339 e. The van der Waals surface area contributed by atoms with E-state index in [0.717, 1.165) is 30.8 Å². The predicted octanol–water partition coefficient (Wildman–Crippen LogP) is 1.66. The highest BCUT2D eigenvalue weighted by atomic mass is 16.5. The number of hydrogen-bond acceptors (Lipinski definition) is 5. The van der Waals surface area contributed by atoms with Crippen molar-refractivity contribution < 1.29 is 4.52 Å². The molecule has 0 amide bonds. The Morgan fingerprint density at radius 2 is 2.11 bits per heavy atom. The SMILES string of the molecule is C1CNC(CN(Cc2noc(C3CC3)n2)C2CC2)C1. The van der Waals surface area contributed by atoms with Crippen LogP contribution in [0, 0.1) is 0 Å². The van der Waals surface area contributed by atoms with E-state index in [2.05, 4.69) is 20.4 Å². The molecular weight excluding hydrogens is 240 g/mol. The van der Waals surface area contributed by atoms with Crippen molar-refractivity contribution >= 4 is 0 Å². The molecule has 5 nitrogen and oxygen atoms in total. The van der Waals surface area contributed by atoms with E-state index >= 15 is 0 Å². The fourth-order valence-corrected chi connectivity index (χ4v) is 2.99. The Morgan fingerprint density at radius 3 is 2.79 bits per heavy atom. The highest BCUT2D eigenvalue weighted by Gasteiger charge is 2.33. The summed E-state index contributed by atoms with van der Waals surface area (Å²) in [6.07, 6.45) is 7.74. The molecular formula is C14H22N4O. The Hall–Kier alpha value is -0.940. The molecule has 1 N–H and O–H groups in total. The lowest BCUT2D eigenvalue weighted by atomic mass is 10.2. The second kappa shape index (κ2) is 4.87. The Labute approximate surface area is 113 Å². The minimum absolute atomic E-state index is 0.562. The van der Waals surface area contributed by atoms with Crippen LogP contribution in [0.1, 0.15) is 56.2 Å². The lowest BCUT2D eigenvalue weighted by Gasteiger charge is -2.23. The molecule has 1 atom stereocenters. The third-order valence-electron chi connectivity index (χ3n) is 4.44. The predicted molar refractivity (Wildman–Crippen MR) is 70.7 cm³/mol. The Kier molecular flexibility index (Phi) is 3.04. The van der Waals surface area contributed by atoms with Crippen molar-refractivity contribution in [2.45, 2.75) is 63.1 Å². The molecule has 19 heavy (non-hydrogen) atoms. The highest BCUT2D eigenvalue weighted by molar-refractivity contribution is 5.02. The van der Waals surface area contributed by atoms with E-state index in [0.29, 0.717) is 12.0 Å². The van der Waals surface area contributed by atoms with E-state index in [9.17, 15) is 0 Å². The summed E-state index contributed by atoms with van der Waals surface area (Å²) in [7, 11) is 0. The quantitative estimate of drug-likeness (QED) is 0.845. The molecule has 1 aromatic rings. The molecule has 0 radical (unpaired) electrons. The maximum atomic E-state index is 5.36. The van der Waals surface area contributed by atoms with Crippen LogP contribution in [-0.4, -0.2) is 40.2 Å². The molecule has 0 spiro atoms. The average Bonchev–Trinajstić information content (AvgIpc) is 3.34. The van der Waals surface area contributed by atoms with Crippen LogP contribution in [0.25, 0.3) is 0 Å². The average molecular weight is 262 g/mol. The van der Waals surface area contributed by atoms with Gasteiger partial charge in [-0.05, 0) is 45.1 Å². The molecule has 1 aliphatic heterocycles. The van der Waals surface area contributed by atoms with Gasteiger partial charge in [-0.3, -0.25) is 4.90 Å². The molecule has 1 unspecified atom stereocenters. The number of nitrogens with zero attached hydrogens (tertiary/aromatic N) is 3. The smallest absolute Gasteiger partial charge is 0.229 e. The van der Waals surface area contributed by atoms with Crippen molar-refractivity contribution in [2.24, 2.45) is 0 Å². The second-order valence-electron chi connectivity index (χ2n) is 6.28. The van der Waals surface area contributed by atoms with E-state index in [1.54, 1.807) is 0 Å². The van der Waals surface area contributed by atoms with Gasteiger partial charge in [0.2, 0.25) is 5.89 Å². The summed E-state index contributed by atoms with van der Waals surface area (Å²) < 4.78 is 5.36. The normalized spacial score (nSPS) is 27.3. The van der Waals surface area contributed by atoms with E-state index < -0.39 is 0 Å². The zero-order valence-corrected chi connectivity index (χ0v) is 11.3. The first-order valence-corrected chi connectivity index (χ1v) is 7.68. The zero-order chi connectivity index (χ0) is 12.7. The summed E-state index contributed by atoms with van der Waals surface area (Å²) in [6.45, 7) is 3.17. The standard InChI is InChI=1S/C14H22N4O/c1-2-11(15-7-1)8-18(12-5-6-12)9-13-16-14(19-17-13)10-3-4-10/h10-12,15H,1-9H2. The second-order valence-corrected chi connectivity index (χ2v) is 6.28. The highest BCUT2D eigenvalue weighted by Crippen LogP contribution is 2.39. The van der Waals surface area contributed by atoms with Gasteiger partial charge in [-0.15, -0.1) is 0 Å². The maximum Gasteiger partial charge on any atom is 0.229 e. The van der Waals surface area contributed by atoms with Gasteiger partial charge in [0.15, 0.2) is 5.82 Å². The van der Waals surface area contributed by atoms with Crippen LogP contribution < -0.4 is 5.32 Å². The molecule has 3 fully saturated rings. The maximum absolute atomic E-state index is 5.36. The fourth-order valence-electron chi connectivity index (χ4n) is 2.99. The van der Waals surface area contributed by atoms with Gasteiger partial charge < -0.3 is 9.84 Å². The molecule has 2 saturated carbocycles. The van der Waals surface area contributed by atoms with Crippen LogP contribution in [0.4, 0.5) is 0 Å². The summed E-state index contributed by atoms with van der Waals surface area (Å²) in [5, 5.41) is 7.74. The fraction of sp³-hybridized carbons (Fsp3) is 0.857. The van der Waals surface area contributed by atoms with Crippen molar-refractivity contribution in [1.29, 1.82) is 0 Å². The molecule has 104 valence electrons. The Balaban J connectivity index is 1.38. The molecule has 1 saturated heterocycles. The van der Waals surface area contributed by atoms with Crippen molar-refractivity contribution in [3.63, 3.8) is 0 Å². The van der Waals surface area contributed by atoms with Crippen molar-refractivity contribution in [1.82, 2.24) is 20.4 Å². The first kappa shape index (κ1) is 11.9. The minimum atomic E-state index is 0.562. The van der Waals surface area contributed by atoms with Gasteiger partial charge in [0, 0.05) is 24.5 Å². The van der Waals surface area contributed by atoms with Gasteiger partial charge >= 0.3 is 0 Å². The third-order valence-corrected chi connectivity index (χ3v) is 4.44. The van der Waals surface area contributed by atoms with Crippen LogP contribution in [0.5, 0.6) is 0 Å². The topological polar surface area (TPSA) is 54.2 Å². The van der Waals surface area contributed by atoms with Gasteiger partial charge in [-0.2, -0.15) is 4.98 Å².